The van der Waals surface area contributed by atoms with Crippen LogP contribution in [0.2, 0.25) is 0 Å². The van der Waals surface area contributed by atoms with Gasteiger partial charge in [0.05, 0.1) is 5.41 Å². The van der Waals surface area contributed by atoms with E-state index in [0.29, 0.717) is 0 Å². The van der Waals surface area contributed by atoms with Crippen LogP contribution in [0.15, 0.2) is 54.6 Å². The highest BCUT2D eigenvalue weighted by Crippen LogP contribution is 2.78. The van der Waals surface area contributed by atoms with Crippen molar-refractivity contribution < 1.29 is 14.3 Å². The summed E-state index contributed by atoms with van der Waals surface area (Å²) in [4.78, 5) is 26.5. The fourth-order valence-electron chi connectivity index (χ4n) is 5.37. The maximum Gasteiger partial charge on any atom is 0.172 e. The van der Waals surface area contributed by atoms with Crippen LogP contribution in [0.25, 0.3) is 0 Å². The standard InChI is InChI=1S/C22H20O3/c1-13-8-7-11-15(12-13)22(14-9-5-4-6-10-14)16-17(23)21(3)19(25-21)18(24)20(16,22)2/h4-12,16,19H,1-3H3/t16-,19?,20+,21?,22+/m1/s1. The van der Waals surface area contributed by atoms with Crippen LogP contribution in [-0.4, -0.2) is 23.3 Å². The van der Waals surface area contributed by atoms with Gasteiger partial charge in [-0.3, -0.25) is 9.59 Å². The van der Waals surface area contributed by atoms with E-state index >= 15 is 0 Å². The van der Waals surface area contributed by atoms with Crippen LogP contribution >= 0.6 is 0 Å². The smallest absolute Gasteiger partial charge is 0.172 e. The lowest BCUT2D eigenvalue weighted by Crippen LogP contribution is -2.39. The number of carbonyl (C=O) groups excluding carboxylic acids is 2. The number of benzene rings is 2. The summed E-state index contributed by atoms with van der Waals surface area (Å²) in [5.74, 6) is -0.213. The minimum Gasteiger partial charge on any atom is -0.350 e. The molecule has 1 heterocycles. The third kappa shape index (κ3) is 1.48. The number of Topliss-reactive ketones (excluding diaryl/α,β-unsaturated/α-hetero) is 2. The predicted octanol–water partition coefficient (Wildman–Crippen LogP) is 3.23. The van der Waals surface area contributed by atoms with Gasteiger partial charge >= 0.3 is 0 Å². The minimum absolute atomic E-state index is 0.0740. The van der Waals surface area contributed by atoms with Crippen LogP contribution in [-0.2, 0) is 19.7 Å². The zero-order chi connectivity index (χ0) is 17.6. The molecule has 5 atom stereocenters. The van der Waals surface area contributed by atoms with Crippen molar-refractivity contribution in [2.45, 2.75) is 37.9 Å². The van der Waals surface area contributed by atoms with Crippen LogP contribution in [0.4, 0.5) is 0 Å². The fraction of sp³-hybridized carbons (Fsp3) is 0.364. The van der Waals surface area contributed by atoms with Crippen LogP contribution in [0.3, 0.4) is 0 Å². The first-order valence-electron chi connectivity index (χ1n) is 8.77. The lowest BCUT2D eigenvalue weighted by molar-refractivity contribution is -0.132. The quantitative estimate of drug-likeness (QED) is 0.793. The van der Waals surface area contributed by atoms with Crippen molar-refractivity contribution in [1.29, 1.82) is 0 Å². The van der Waals surface area contributed by atoms with Crippen molar-refractivity contribution >= 4 is 11.6 Å². The van der Waals surface area contributed by atoms with Crippen molar-refractivity contribution in [2.24, 2.45) is 11.3 Å². The molecule has 0 amide bonds. The predicted molar refractivity (Wildman–Crippen MR) is 93.3 cm³/mol. The Hall–Kier alpha value is -2.26. The summed E-state index contributed by atoms with van der Waals surface area (Å²) in [5, 5.41) is 0. The first-order valence-corrected chi connectivity index (χ1v) is 8.77. The van der Waals surface area contributed by atoms with E-state index < -0.39 is 22.5 Å². The molecule has 1 saturated heterocycles. The molecule has 25 heavy (non-hydrogen) atoms. The largest absolute Gasteiger partial charge is 0.350 e. The number of epoxide rings is 1. The summed E-state index contributed by atoms with van der Waals surface area (Å²) in [6.07, 6.45) is -0.573. The van der Waals surface area contributed by atoms with Gasteiger partial charge in [0, 0.05) is 11.3 Å². The first-order chi connectivity index (χ1) is 11.9. The van der Waals surface area contributed by atoms with Crippen molar-refractivity contribution in [3.05, 3.63) is 71.3 Å². The van der Waals surface area contributed by atoms with E-state index in [1.165, 1.54) is 0 Å². The van der Waals surface area contributed by atoms with Gasteiger partial charge in [-0.05, 0) is 25.0 Å². The second kappa shape index (κ2) is 4.28. The van der Waals surface area contributed by atoms with Gasteiger partial charge in [-0.15, -0.1) is 0 Å². The molecule has 0 radical (unpaired) electrons. The lowest BCUT2D eigenvalue weighted by Gasteiger charge is -2.23. The number of hydrogen-bond donors (Lipinski definition) is 0. The van der Waals surface area contributed by atoms with Crippen LogP contribution in [0, 0.1) is 18.3 Å². The summed E-state index contributed by atoms with van der Waals surface area (Å²) in [5.41, 5.74) is 0.987. The number of aryl methyl sites for hydroxylation is 1. The summed E-state index contributed by atoms with van der Waals surface area (Å²) in [7, 11) is 0. The van der Waals surface area contributed by atoms with Gasteiger partial charge < -0.3 is 4.74 Å². The lowest BCUT2D eigenvalue weighted by atomic mass is 9.77. The summed E-state index contributed by atoms with van der Waals surface area (Å²) in [6, 6.07) is 18.2. The highest BCUT2D eigenvalue weighted by Gasteiger charge is 2.90. The first kappa shape index (κ1) is 15.0. The molecule has 2 saturated carbocycles. The molecule has 2 aromatic carbocycles. The number of carbonyl (C=O) groups is 2. The molecule has 2 unspecified atom stereocenters. The van der Waals surface area contributed by atoms with Crippen molar-refractivity contribution in [3.63, 3.8) is 0 Å². The normalized spacial score (nSPS) is 41.1. The Morgan fingerprint density at radius 2 is 1.56 bits per heavy atom. The zero-order valence-corrected chi connectivity index (χ0v) is 14.6. The molecule has 0 bridgehead atoms. The Bertz CT molecular complexity index is 931. The average molecular weight is 332 g/mol. The molecule has 0 N–H and O–H groups in total. The monoisotopic (exact) mass is 332 g/mol. The zero-order valence-electron chi connectivity index (χ0n) is 14.6. The van der Waals surface area contributed by atoms with Gasteiger partial charge in [-0.1, -0.05) is 67.1 Å². The number of hydrogen-bond acceptors (Lipinski definition) is 3. The Balaban J connectivity index is 1.80. The average Bonchev–Trinajstić information content (AvgIpc) is 3.46. The molecular weight excluding hydrogens is 312 g/mol. The van der Waals surface area contributed by atoms with Gasteiger partial charge in [-0.25, -0.2) is 0 Å². The molecule has 3 nitrogen and oxygen atoms in total. The van der Waals surface area contributed by atoms with Gasteiger partial charge in [0.2, 0.25) is 0 Å². The van der Waals surface area contributed by atoms with Crippen molar-refractivity contribution in [2.75, 3.05) is 0 Å². The topological polar surface area (TPSA) is 46.7 Å². The summed E-state index contributed by atoms with van der Waals surface area (Å²) in [6.45, 7) is 5.76. The van der Waals surface area contributed by atoms with Crippen molar-refractivity contribution in [1.82, 2.24) is 0 Å². The SMILES string of the molecule is Cc1cccc([C@@]2(c3ccccc3)[C@@H]3C(=O)C4(C)OC4C(=O)[C@]32C)c1. The highest BCUT2D eigenvalue weighted by molar-refractivity contribution is 6.17. The molecule has 3 fully saturated rings. The van der Waals surface area contributed by atoms with Crippen LogP contribution < -0.4 is 0 Å². The molecule has 2 aromatic rings. The number of ether oxygens (including phenoxy) is 1. The van der Waals surface area contributed by atoms with Gasteiger partial charge in [0.15, 0.2) is 23.3 Å². The van der Waals surface area contributed by atoms with E-state index in [2.05, 4.69) is 12.1 Å². The molecule has 3 heteroatoms. The Labute approximate surface area is 147 Å². The molecule has 2 aliphatic carbocycles. The van der Waals surface area contributed by atoms with Gasteiger partial charge in [-0.2, -0.15) is 0 Å². The highest BCUT2D eigenvalue weighted by atomic mass is 16.6. The van der Waals surface area contributed by atoms with E-state index in [0.717, 1.165) is 16.7 Å². The Morgan fingerprint density at radius 1 is 0.880 bits per heavy atom. The number of ketones is 2. The molecule has 1 aliphatic heterocycles. The summed E-state index contributed by atoms with van der Waals surface area (Å²) < 4.78 is 5.55. The van der Waals surface area contributed by atoms with Crippen LogP contribution in [0.5, 0.6) is 0 Å². The minimum atomic E-state index is -0.915. The number of rotatable bonds is 2. The second-order valence-electron chi connectivity index (χ2n) is 8.01. The molecule has 126 valence electrons. The molecule has 0 aromatic heterocycles. The van der Waals surface area contributed by atoms with E-state index in [1.807, 2.05) is 56.3 Å². The molecule has 5 rings (SSSR count). The van der Waals surface area contributed by atoms with E-state index in [9.17, 15) is 9.59 Å². The number of fused-ring (bicyclic) bond motifs is 2. The van der Waals surface area contributed by atoms with Crippen LogP contribution in [0.1, 0.15) is 30.5 Å². The maximum atomic E-state index is 13.3. The van der Waals surface area contributed by atoms with Gasteiger partial charge in [0.25, 0.3) is 0 Å². The van der Waals surface area contributed by atoms with E-state index in [-0.39, 0.29) is 17.5 Å². The third-order valence-electron chi connectivity index (χ3n) is 6.76. The Kier molecular flexibility index (Phi) is 2.57. The van der Waals surface area contributed by atoms with E-state index in [1.54, 1.807) is 6.92 Å². The Morgan fingerprint density at radius 3 is 2.24 bits per heavy atom. The maximum absolute atomic E-state index is 13.3. The second-order valence-corrected chi connectivity index (χ2v) is 8.01. The third-order valence-corrected chi connectivity index (χ3v) is 6.76. The molecule has 3 aliphatic rings. The fourth-order valence-corrected chi connectivity index (χ4v) is 5.37. The van der Waals surface area contributed by atoms with Crippen molar-refractivity contribution in [3.8, 4) is 0 Å². The molecular formula is C22H20O3. The van der Waals surface area contributed by atoms with Gasteiger partial charge in [0.1, 0.15) is 0 Å². The van der Waals surface area contributed by atoms with E-state index in [4.69, 9.17) is 4.74 Å². The molecule has 0 spiro atoms. The summed E-state index contributed by atoms with van der Waals surface area (Å²) >= 11 is 0.